The Bertz CT molecular complexity index is 546. The predicted octanol–water partition coefficient (Wildman–Crippen LogP) is 0.918. The number of morpholine rings is 1. The summed E-state index contributed by atoms with van der Waals surface area (Å²) in [7, 11) is 0. The summed E-state index contributed by atoms with van der Waals surface area (Å²) in [6.45, 7) is 2.66. The van der Waals surface area contributed by atoms with Crippen LogP contribution in [0.25, 0.3) is 0 Å². The van der Waals surface area contributed by atoms with Gasteiger partial charge in [-0.3, -0.25) is 0 Å². The second kappa shape index (κ2) is 6.55. The highest BCUT2D eigenvalue weighted by molar-refractivity contribution is 5.94. The van der Waals surface area contributed by atoms with E-state index in [1.165, 1.54) is 11.0 Å². The van der Waals surface area contributed by atoms with Crippen LogP contribution in [0.15, 0.2) is 18.2 Å². The van der Waals surface area contributed by atoms with E-state index in [0.717, 1.165) is 0 Å². The molecule has 0 aromatic heterocycles. The number of aliphatic hydroxyl groups is 1. The van der Waals surface area contributed by atoms with Crippen LogP contribution in [0.3, 0.4) is 0 Å². The molecule has 114 valence electrons. The number of aliphatic hydroxyl groups excluding tert-OH is 1. The van der Waals surface area contributed by atoms with E-state index >= 15 is 0 Å². The fourth-order valence-corrected chi connectivity index (χ4v) is 2.15. The maximum atomic E-state index is 12.1. The number of urea groups is 1. The quantitative estimate of drug-likeness (QED) is 0.770. The number of nitrogens with zero attached hydrogens (tertiary/aromatic N) is 1. The molecule has 0 spiro atoms. The largest absolute Gasteiger partial charge is 0.478 e. The summed E-state index contributed by atoms with van der Waals surface area (Å²) in [5.41, 5.74) is 1.21. The second-order valence-corrected chi connectivity index (χ2v) is 4.89. The third-order valence-corrected chi connectivity index (χ3v) is 3.35. The number of benzene rings is 1. The Morgan fingerprint density at radius 3 is 2.90 bits per heavy atom. The zero-order valence-electron chi connectivity index (χ0n) is 11.7. The van der Waals surface area contributed by atoms with Crippen LogP contribution in [0.4, 0.5) is 10.5 Å². The first-order valence-electron chi connectivity index (χ1n) is 6.63. The fourth-order valence-electron chi connectivity index (χ4n) is 2.15. The highest BCUT2D eigenvalue weighted by Gasteiger charge is 2.23. The molecule has 0 radical (unpaired) electrons. The Morgan fingerprint density at radius 2 is 2.24 bits per heavy atom. The zero-order valence-corrected chi connectivity index (χ0v) is 11.7. The number of amides is 2. The number of anilines is 1. The van der Waals surface area contributed by atoms with Gasteiger partial charge in [0.15, 0.2) is 0 Å². The molecule has 1 aromatic carbocycles. The molecule has 0 aliphatic carbocycles. The maximum absolute atomic E-state index is 12.1. The van der Waals surface area contributed by atoms with Crippen LogP contribution in [0, 0.1) is 6.92 Å². The molecule has 0 bridgehead atoms. The van der Waals surface area contributed by atoms with Crippen molar-refractivity contribution in [3.63, 3.8) is 0 Å². The average Bonchev–Trinajstić information content (AvgIpc) is 2.49. The third-order valence-electron chi connectivity index (χ3n) is 3.35. The van der Waals surface area contributed by atoms with Gasteiger partial charge in [0, 0.05) is 12.2 Å². The van der Waals surface area contributed by atoms with Gasteiger partial charge in [-0.05, 0) is 24.6 Å². The molecule has 7 nitrogen and oxygen atoms in total. The molecular weight excluding hydrogens is 276 g/mol. The summed E-state index contributed by atoms with van der Waals surface area (Å²) in [6, 6.07) is 4.40. The normalized spacial score (nSPS) is 18.4. The van der Waals surface area contributed by atoms with E-state index in [-0.39, 0.29) is 24.3 Å². The minimum absolute atomic E-state index is 0.141. The Morgan fingerprint density at radius 1 is 1.48 bits per heavy atom. The lowest BCUT2D eigenvalue weighted by Crippen LogP contribution is -2.48. The topological polar surface area (TPSA) is 99.1 Å². The van der Waals surface area contributed by atoms with E-state index in [0.29, 0.717) is 30.9 Å². The first-order chi connectivity index (χ1) is 10.0. The van der Waals surface area contributed by atoms with Gasteiger partial charge in [0.05, 0.1) is 31.4 Å². The van der Waals surface area contributed by atoms with Crippen LogP contribution >= 0.6 is 0 Å². The molecule has 1 heterocycles. The number of aromatic carboxylic acids is 1. The van der Waals surface area contributed by atoms with Crippen molar-refractivity contribution < 1.29 is 24.5 Å². The lowest BCUT2D eigenvalue weighted by atomic mass is 10.1. The van der Waals surface area contributed by atoms with Crippen molar-refractivity contribution in [1.82, 2.24) is 4.90 Å². The average molecular weight is 294 g/mol. The van der Waals surface area contributed by atoms with E-state index in [2.05, 4.69) is 5.32 Å². The molecule has 21 heavy (non-hydrogen) atoms. The molecule has 2 amide bonds. The minimum Gasteiger partial charge on any atom is -0.478 e. The standard InChI is InChI=1S/C14H18N2O5/c1-9-2-3-10(6-12(9)13(18)19)15-14(20)16-4-5-21-11(7-16)8-17/h2-3,6,11,17H,4-5,7-8H2,1H3,(H,15,20)(H,18,19). The molecular formula is C14H18N2O5. The molecule has 1 aromatic rings. The highest BCUT2D eigenvalue weighted by Crippen LogP contribution is 2.16. The van der Waals surface area contributed by atoms with Gasteiger partial charge in [-0.1, -0.05) is 6.07 Å². The number of carboxylic acids is 1. The van der Waals surface area contributed by atoms with Crippen LogP contribution in [0.5, 0.6) is 0 Å². The zero-order chi connectivity index (χ0) is 15.4. The summed E-state index contributed by atoms with van der Waals surface area (Å²) in [5.74, 6) is -1.03. The Balaban J connectivity index is 2.05. The van der Waals surface area contributed by atoms with Gasteiger partial charge >= 0.3 is 12.0 Å². The van der Waals surface area contributed by atoms with Crippen molar-refractivity contribution in [1.29, 1.82) is 0 Å². The number of carbonyl (C=O) groups excluding carboxylic acids is 1. The van der Waals surface area contributed by atoms with Crippen molar-refractivity contribution in [3.8, 4) is 0 Å². The van der Waals surface area contributed by atoms with Crippen molar-refractivity contribution in [2.24, 2.45) is 0 Å². The van der Waals surface area contributed by atoms with E-state index in [9.17, 15) is 9.59 Å². The van der Waals surface area contributed by atoms with Gasteiger partial charge in [-0.15, -0.1) is 0 Å². The van der Waals surface area contributed by atoms with Gasteiger partial charge < -0.3 is 25.2 Å². The smallest absolute Gasteiger partial charge is 0.336 e. The first kappa shape index (κ1) is 15.3. The molecule has 3 N–H and O–H groups in total. The van der Waals surface area contributed by atoms with Crippen LogP contribution in [0.2, 0.25) is 0 Å². The lowest BCUT2D eigenvalue weighted by molar-refractivity contribution is -0.0388. The first-order valence-corrected chi connectivity index (χ1v) is 6.63. The van der Waals surface area contributed by atoms with E-state index in [1.807, 2.05) is 0 Å². The minimum atomic E-state index is -1.03. The number of ether oxygens (including phenoxy) is 1. The fraction of sp³-hybridized carbons (Fsp3) is 0.429. The summed E-state index contributed by atoms with van der Waals surface area (Å²) in [6.07, 6.45) is -0.378. The highest BCUT2D eigenvalue weighted by atomic mass is 16.5. The van der Waals surface area contributed by atoms with Crippen molar-refractivity contribution >= 4 is 17.7 Å². The van der Waals surface area contributed by atoms with Crippen LogP contribution < -0.4 is 5.32 Å². The van der Waals surface area contributed by atoms with E-state index in [1.54, 1.807) is 19.1 Å². The van der Waals surface area contributed by atoms with Gasteiger partial charge in [-0.25, -0.2) is 9.59 Å². The number of hydrogen-bond acceptors (Lipinski definition) is 4. The lowest BCUT2D eigenvalue weighted by Gasteiger charge is -2.32. The summed E-state index contributed by atoms with van der Waals surface area (Å²) in [4.78, 5) is 24.7. The van der Waals surface area contributed by atoms with Crippen LogP contribution in [-0.2, 0) is 4.74 Å². The Hall–Kier alpha value is -2.12. The Kier molecular flexibility index (Phi) is 4.77. The number of hydrogen-bond donors (Lipinski definition) is 3. The molecule has 1 aliphatic heterocycles. The molecule has 1 fully saturated rings. The van der Waals surface area contributed by atoms with Crippen LogP contribution in [0.1, 0.15) is 15.9 Å². The number of nitrogens with one attached hydrogen (secondary N) is 1. The summed E-state index contributed by atoms with van der Waals surface area (Å²) < 4.78 is 5.27. The van der Waals surface area contributed by atoms with Gasteiger partial charge in [0.1, 0.15) is 0 Å². The molecule has 7 heteroatoms. The number of aryl methyl sites for hydroxylation is 1. The van der Waals surface area contributed by atoms with E-state index < -0.39 is 5.97 Å². The van der Waals surface area contributed by atoms with Gasteiger partial charge in [0.2, 0.25) is 0 Å². The number of carbonyl (C=O) groups is 2. The van der Waals surface area contributed by atoms with Crippen LogP contribution in [-0.4, -0.2) is 59.5 Å². The number of rotatable bonds is 3. The monoisotopic (exact) mass is 294 g/mol. The molecule has 1 unspecified atom stereocenters. The second-order valence-electron chi connectivity index (χ2n) is 4.89. The van der Waals surface area contributed by atoms with Gasteiger partial charge in [-0.2, -0.15) is 0 Å². The molecule has 0 saturated carbocycles. The van der Waals surface area contributed by atoms with Gasteiger partial charge in [0.25, 0.3) is 0 Å². The van der Waals surface area contributed by atoms with E-state index in [4.69, 9.17) is 14.9 Å². The third kappa shape index (κ3) is 3.71. The Labute approximate surface area is 122 Å². The summed E-state index contributed by atoms with van der Waals surface area (Å²) >= 11 is 0. The van der Waals surface area contributed by atoms with Crippen molar-refractivity contribution in [3.05, 3.63) is 29.3 Å². The van der Waals surface area contributed by atoms with Crippen molar-refractivity contribution in [2.45, 2.75) is 13.0 Å². The molecule has 2 rings (SSSR count). The molecule has 1 atom stereocenters. The number of carboxylic acid groups (broad SMARTS) is 1. The maximum Gasteiger partial charge on any atom is 0.336 e. The summed E-state index contributed by atoms with van der Waals surface area (Å²) in [5, 5.41) is 20.8. The predicted molar refractivity (Wildman–Crippen MR) is 75.6 cm³/mol. The molecule has 1 aliphatic rings. The van der Waals surface area contributed by atoms with Crippen molar-refractivity contribution in [2.75, 3.05) is 31.6 Å². The SMILES string of the molecule is Cc1ccc(NC(=O)N2CCOC(CO)C2)cc1C(=O)O. The molecule has 1 saturated heterocycles.